The molecule has 0 amide bonds. The van der Waals surface area contributed by atoms with Crippen molar-refractivity contribution >= 4 is 12.9 Å². The molecule has 1 rings (SSSR count). The number of Topliss-reactive ketones (excluding diaryl/α,β-unsaturated/α-hetero) is 1. The van der Waals surface area contributed by atoms with Gasteiger partial charge in [-0.05, 0) is 0 Å². The van der Waals surface area contributed by atoms with Crippen LogP contribution in [0, 0.1) is 5.41 Å². The Morgan fingerprint density at radius 3 is 1.91 bits per heavy atom. The van der Waals surface area contributed by atoms with Crippen molar-refractivity contribution in [3.8, 4) is 0 Å². The summed E-state index contributed by atoms with van der Waals surface area (Å²) >= 11 is 0. The van der Waals surface area contributed by atoms with Crippen molar-refractivity contribution < 1.29 is 14.8 Å². The predicted molar refractivity (Wildman–Crippen MR) is 42.0 cm³/mol. The lowest BCUT2D eigenvalue weighted by atomic mass is 9.36. The van der Waals surface area contributed by atoms with E-state index >= 15 is 0 Å². The van der Waals surface area contributed by atoms with Crippen molar-refractivity contribution in [3.63, 3.8) is 0 Å². The molecule has 1 atom stereocenters. The summed E-state index contributed by atoms with van der Waals surface area (Å²) < 4.78 is 0. The van der Waals surface area contributed by atoms with Crippen LogP contribution in [0.5, 0.6) is 0 Å². The van der Waals surface area contributed by atoms with Crippen molar-refractivity contribution in [1.29, 1.82) is 0 Å². The molecule has 1 saturated carbocycles. The van der Waals surface area contributed by atoms with Gasteiger partial charge in [0.1, 0.15) is 5.78 Å². The number of hydrogen-bond acceptors (Lipinski definition) is 3. The molecule has 0 bridgehead atoms. The Kier molecular flexibility index (Phi) is 1.65. The molecule has 0 aromatic carbocycles. The minimum atomic E-state index is -1.39. The summed E-state index contributed by atoms with van der Waals surface area (Å²) in [5.74, 6) is 0.105. The van der Waals surface area contributed by atoms with Gasteiger partial charge in [0.25, 0.3) is 0 Å². The average molecular weight is 156 g/mol. The molecule has 1 aliphatic rings. The van der Waals surface area contributed by atoms with E-state index in [1.807, 2.05) is 0 Å². The zero-order chi connectivity index (χ0) is 8.86. The molecule has 11 heavy (non-hydrogen) atoms. The molecule has 0 aliphatic heterocycles. The molecule has 0 aromatic rings. The second kappa shape index (κ2) is 2.08. The van der Waals surface area contributed by atoms with Crippen LogP contribution in [0.25, 0.3) is 0 Å². The lowest BCUT2D eigenvalue weighted by molar-refractivity contribution is -0.141. The van der Waals surface area contributed by atoms with E-state index in [4.69, 9.17) is 10.0 Å². The van der Waals surface area contributed by atoms with Gasteiger partial charge in [-0.2, -0.15) is 0 Å². The van der Waals surface area contributed by atoms with Crippen molar-refractivity contribution in [3.05, 3.63) is 0 Å². The van der Waals surface area contributed by atoms with E-state index in [-0.39, 0.29) is 12.2 Å². The SMILES string of the molecule is CC1(B(O)O)CC(=O)C1(C)C. The monoisotopic (exact) mass is 156 g/mol. The van der Waals surface area contributed by atoms with Gasteiger partial charge in [0.15, 0.2) is 0 Å². The maximum atomic E-state index is 11.0. The summed E-state index contributed by atoms with van der Waals surface area (Å²) in [4.78, 5) is 11.0. The Balaban J connectivity index is 2.87. The van der Waals surface area contributed by atoms with E-state index < -0.39 is 17.8 Å². The Hall–Kier alpha value is -0.345. The van der Waals surface area contributed by atoms with Gasteiger partial charge in [-0.3, -0.25) is 4.79 Å². The van der Waals surface area contributed by atoms with Gasteiger partial charge in [-0.1, -0.05) is 20.8 Å². The molecule has 0 radical (unpaired) electrons. The van der Waals surface area contributed by atoms with Crippen LogP contribution in [0.1, 0.15) is 27.2 Å². The van der Waals surface area contributed by atoms with Crippen LogP contribution in [0.2, 0.25) is 5.31 Å². The zero-order valence-electron chi connectivity index (χ0n) is 7.09. The zero-order valence-corrected chi connectivity index (χ0v) is 7.09. The molecular formula is C7H13BO3. The minimum Gasteiger partial charge on any atom is -0.427 e. The fourth-order valence-corrected chi connectivity index (χ4v) is 1.40. The van der Waals surface area contributed by atoms with Gasteiger partial charge in [0.2, 0.25) is 0 Å². The quantitative estimate of drug-likeness (QED) is 0.533. The number of rotatable bonds is 1. The van der Waals surface area contributed by atoms with E-state index in [0.717, 1.165) is 0 Å². The fraction of sp³-hybridized carbons (Fsp3) is 0.857. The van der Waals surface area contributed by atoms with E-state index in [1.54, 1.807) is 20.8 Å². The first-order chi connectivity index (χ1) is 4.82. The molecular weight excluding hydrogens is 143 g/mol. The van der Waals surface area contributed by atoms with E-state index in [1.165, 1.54) is 0 Å². The topological polar surface area (TPSA) is 57.5 Å². The highest BCUT2D eigenvalue weighted by Crippen LogP contribution is 2.59. The van der Waals surface area contributed by atoms with Gasteiger partial charge >= 0.3 is 7.12 Å². The van der Waals surface area contributed by atoms with Crippen LogP contribution in [0.4, 0.5) is 0 Å². The van der Waals surface area contributed by atoms with Crippen LogP contribution in [-0.4, -0.2) is 22.9 Å². The average Bonchev–Trinajstić information content (AvgIpc) is 1.87. The predicted octanol–water partition coefficient (Wildman–Crippen LogP) is 0.219. The molecule has 1 unspecified atom stereocenters. The summed E-state index contributed by atoms with van der Waals surface area (Å²) in [5.41, 5.74) is -0.582. The molecule has 0 saturated heterocycles. The van der Waals surface area contributed by atoms with E-state index in [0.29, 0.717) is 0 Å². The summed E-state index contributed by atoms with van der Waals surface area (Å²) in [6.07, 6.45) is 0.275. The molecule has 1 aliphatic carbocycles. The summed E-state index contributed by atoms with van der Waals surface area (Å²) in [7, 11) is -1.39. The maximum absolute atomic E-state index is 11.0. The summed E-state index contributed by atoms with van der Waals surface area (Å²) in [5, 5.41) is 17.3. The van der Waals surface area contributed by atoms with Gasteiger partial charge in [-0.25, -0.2) is 0 Å². The molecule has 0 aromatic heterocycles. The van der Waals surface area contributed by atoms with Crippen LogP contribution in [0.3, 0.4) is 0 Å². The first-order valence-electron chi connectivity index (χ1n) is 3.72. The molecule has 2 N–H and O–H groups in total. The summed E-state index contributed by atoms with van der Waals surface area (Å²) in [6.45, 7) is 5.22. The van der Waals surface area contributed by atoms with Crippen LogP contribution in [-0.2, 0) is 4.79 Å². The fourth-order valence-electron chi connectivity index (χ4n) is 1.40. The molecule has 62 valence electrons. The van der Waals surface area contributed by atoms with Crippen molar-refractivity contribution in [2.75, 3.05) is 0 Å². The van der Waals surface area contributed by atoms with Gasteiger partial charge in [-0.15, -0.1) is 0 Å². The Bertz CT molecular complexity index is 200. The van der Waals surface area contributed by atoms with Crippen LogP contribution < -0.4 is 0 Å². The maximum Gasteiger partial charge on any atom is 0.459 e. The third-order valence-electron chi connectivity index (χ3n) is 3.22. The van der Waals surface area contributed by atoms with E-state index in [9.17, 15) is 4.79 Å². The van der Waals surface area contributed by atoms with Crippen LogP contribution in [0.15, 0.2) is 0 Å². The minimum absolute atomic E-state index is 0.105. The van der Waals surface area contributed by atoms with Gasteiger partial charge in [0.05, 0.1) is 0 Å². The largest absolute Gasteiger partial charge is 0.459 e. The number of ketones is 1. The van der Waals surface area contributed by atoms with E-state index in [2.05, 4.69) is 0 Å². The Labute approximate surface area is 66.6 Å². The van der Waals surface area contributed by atoms with Crippen molar-refractivity contribution in [1.82, 2.24) is 0 Å². The number of carbonyl (C=O) groups is 1. The molecule has 3 nitrogen and oxygen atoms in total. The standard InChI is InChI=1S/C7H13BO3/c1-6(2)5(9)4-7(6,3)8(10)11/h10-11H,4H2,1-3H3. The third-order valence-corrected chi connectivity index (χ3v) is 3.22. The first-order valence-corrected chi connectivity index (χ1v) is 3.72. The highest BCUT2D eigenvalue weighted by molar-refractivity contribution is 6.48. The van der Waals surface area contributed by atoms with Crippen molar-refractivity contribution in [2.24, 2.45) is 5.41 Å². The summed E-state index contributed by atoms with van der Waals surface area (Å²) in [6, 6.07) is 0. The van der Waals surface area contributed by atoms with Crippen LogP contribution >= 0.6 is 0 Å². The highest BCUT2D eigenvalue weighted by atomic mass is 16.4. The van der Waals surface area contributed by atoms with Gasteiger partial charge in [0, 0.05) is 17.2 Å². The molecule has 0 heterocycles. The molecule has 1 fully saturated rings. The smallest absolute Gasteiger partial charge is 0.427 e. The third kappa shape index (κ3) is 0.860. The lowest BCUT2D eigenvalue weighted by Crippen LogP contribution is -2.56. The number of carbonyl (C=O) groups excluding carboxylic acids is 1. The lowest BCUT2D eigenvalue weighted by Gasteiger charge is -2.51. The second-order valence-corrected chi connectivity index (χ2v) is 4.02. The highest BCUT2D eigenvalue weighted by Gasteiger charge is 2.62. The first kappa shape index (κ1) is 8.75. The normalized spacial score (nSPS) is 34.8. The number of hydrogen-bond donors (Lipinski definition) is 2. The molecule has 4 heteroatoms. The Morgan fingerprint density at radius 1 is 1.36 bits per heavy atom. The Morgan fingerprint density at radius 2 is 1.82 bits per heavy atom. The second-order valence-electron chi connectivity index (χ2n) is 4.02. The molecule has 0 spiro atoms. The van der Waals surface area contributed by atoms with Crippen molar-refractivity contribution in [2.45, 2.75) is 32.5 Å². The van der Waals surface area contributed by atoms with Gasteiger partial charge < -0.3 is 10.0 Å².